The van der Waals surface area contributed by atoms with E-state index in [1.807, 2.05) is 43.1 Å². The Bertz CT molecular complexity index is 358. The molecule has 16 heavy (non-hydrogen) atoms. The molecule has 0 unspecified atom stereocenters. The molecule has 0 spiro atoms. The molecule has 1 rings (SSSR count). The summed E-state index contributed by atoms with van der Waals surface area (Å²) < 4.78 is 6.59. The van der Waals surface area contributed by atoms with Gasteiger partial charge in [-0.1, -0.05) is 15.9 Å². The maximum Gasteiger partial charge on any atom is 0.119 e. The van der Waals surface area contributed by atoms with Gasteiger partial charge in [0.15, 0.2) is 0 Å². The van der Waals surface area contributed by atoms with Crippen LogP contribution in [0.1, 0.15) is 6.92 Å². The lowest BCUT2D eigenvalue weighted by Crippen LogP contribution is -2.31. The molecule has 0 saturated carbocycles. The van der Waals surface area contributed by atoms with Crippen molar-refractivity contribution in [2.45, 2.75) is 13.0 Å². The van der Waals surface area contributed by atoms with Crippen molar-refractivity contribution in [1.29, 1.82) is 5.26 Å². The van der Waals surface area contributed by atoms with E-state index in [2.05, 4.69) is 22.0 Å². The topological polar surface area (TPSA) is 36.3 Å². The highest BCUT2D eigenvalue weighted by molar-refractivity contribution is 9.10. The molecule has 4 heteroatoms. The average Bonchev–Trinajstić information content (AvgIpc) is 2.30. The van der Waals surface area contributed by atoms with E-state index in [1.54, 1.807) is 0 Å². The Morgan fingerprint density at radius 2 is 2.06 bits per heavy atom. The number of halogens is 1. The number of nitriles is 1. The molecule has 86 valence electrons. The van der Waals surface area contributed by atoms with Gasteiger partial charge in [0.05, 0.1) is 12.1 Å². The predicted octanol–water partition coefficient (Wildman–Crippen LogP) is 2.67. The van der Waals surface area contributed by atoms with E-state index in [1.165, 1.54) is 0 Å². The SMILES string of the molecule is C[C@@H](C#N)N(C)CCOc1ccc(Br)cc1. The van der Waals surface area contributed by atoms with Crippen molar-refractivity contribution < 1.29 is 4.74 Å². The summed E-state index contributed by atoms with van der Waals surface area (Å²) in [5, 5.41) is 8.71. The lowest BCUT2D eigenvalue weighted by atomic mass is 10.3. The summed E-state index contributed by atoms with van der Waals surface area (Å²) in [4.78, 5) is 1.96. The molecule has 0 bridgehead atoms. The van der Waals surface area contributed by atoms with Crippen LogP contribution in [0.15, 0.2) is 28.7 Å². The monoisotopic (exact) mass is 282 g/mol. The van der Waals surface area contributed by atoms with Crippen molar-refractivity contribution in [2.24, 2.45) is 0 Å². The van der Waals surface area contributed by atoms with Crippen LogP contribution < -0.4 is 4.74 Å². The lowest BCUT2D eigenvalue weighted by molar-refractivity contribution is 0.222. The van der Waals surface area contributed by atoms with E-state index in [0.29, 0.717) is 6.61 Å². The normalized spacial score (nSPS) is 12.2. The highest BCUT2D eigenvalue weighted by Gasteiger charge is 2.06. The molecule has 0 saturated heterocycles. The summed E-state index contributed by atoms with van der Waals surface area (Å²) in [6.07, 6.45) is 0. The summed E-state index contributed by atoms with van der Waals surface area (Å²) >= 11 is 3.37. The van der Waals surface area contributed by atoms with Gasteiger partial charge in [0, 0.05) is 11.0 Å². The van der Waals surface area contributed by atoms with Crippen LogP contribution in [0.4, 0.5) is 0 Å². The molecule has 1 aromatic rings. The van der Waals surface area contributed by atoms with Gasteiger partial charge in [-0.3, -0.25) is 4.90 Å². The molecule has 0 heterocycles. The van der Waals surface area contributed by atoms with E-state index in [4.69, 9.17) is 10.00 Å². The molecule has 0 N–H and O–H groups in total. The van der Waals surface area contributed by atoms with Gasteiger partial charge in [0.2, 0.25) is 0 Å². The van der Waals surface area contributed by atoms with Crippen molar-refractivity contribution in [3.05, 3.63) is 28.7 Å². The molecule has 0 amide bonds. The maximum atomic E-state index is 8.71. The second-order valence-electron chi connectivity index (χ2n) is 3.59. The van der Waals surface area contributed by atoms with Crippen molar-refractivity contribution in [2.75, 3.05) is 20.2 Å². The highest BCUT2D eigenvalue weighted by atomic mass is 79.9. The zero-order chi connectivity index (χ0) is 12.0. The summed E-state index contributed by atoms with van der Waals surface area (Å²) in [5.74, 6) is 0.848. The van der Waals surface area contributed by atoms with E-state index in [9.17, 15) is 0 Å². The van der Waals surface area contributed by atoms with Gasteiger partial charge in [-0.05, 0) is 38.2 Å². The molecule has 1 atom stereocenters. The van der Waals surface area contributed by atoms with Gasteiger partial charge in [-0.15, -0.1) is 0 Å². The van der Waals surface area contributed by atoms with Crippen LogP contribution in [0.2, 0.25) is 0 Å². The molecule has 1 aromatic carbocycles. The van der Waals surface area contributed by atoms with Crippen LogP contribution >= 0.6 is 15.9 Å². The molecular formula is C12H15BrN2O. The highest BCUT2D eigenvalue weighted by Crippen LogP contribution is 2.15. The minimum atomic E-state index is -0.0754. The molecule has 0 aliphatic rings. The fraction of sp³-hybridized carbons (Fsp3) is 0.417. The zero-order valence-electron chi connectivity index (χ0n) is 9.48. The lowest BCUT2D eigenvalue weighted by Gasteiger charge is -2.18. The van der Waals surface area contributed by atoms with Crippen LogP contribution in [0, 0.1) is 11.3 Å². The van der Waals surface area contributed by atoms with Crippen LogP contribution in [0.25, 0.3) is 0 Å². The van der Waals surface area contributed by atoms with Crippen molar-refractivity contribution >= 4 is 15.9 Å². The smallest absolute Gasteiger partial charge is 0.119 e. The van der Waals surface area contributed by atoms with Crippen LogP contribution in [0.5, 0.6) is 5.75 Å². The van der Waals surface area contributed by atoms with E-state index >= 15 is 0 Å². The van der Waals surface area contributed by atoms with Gasteiger partial charge in [-0.25, -0.2) is 0 Å². The van der Waals surface area contributed by atoms with Crippen LogP contribution in [-0.4, -0.2) is 31.1 Å². The third-order valence-electron chi connectivity index (χ3n) is 2.37. The minimum absolute atomic E-state index is 0.0754. The summed E-state index contributed by atoms with van der Waals surface area (Å²) in [6.45, 7) is 3.20. The Balaban J connectivity index is 2.31. The van der Waals surface area contributed by atoms with Crippen molar-refractivity contribution in [1.82, 2.24) is 4.90 Å². The van der Waals surface area contributed by atoms with Crippen molar-refractivity contribution in [3.8, 4) is 11.8 Å². The molecule has 0 fully saturated rings. The first-order chi connectivity index (χ1) is 7.63. The Hall–Kier alpha value is -1.05. The van der Waals surface area contributed by atoms with Gasteiger partial charge in [-0.2, -0.15) is 5.26 Å². The molecule has 0 aromatic heterocycles. The Morgan fingerprint density at radius 3 is 2.62 bits per heavy atom. The van der Waals surface area contributed by atoms with Crippen molar-refractivity contribution in [3.63, 3.8) is 0 Å². The average molecular weight is 283 g/mol. The van der Waals surface area contributed by atoms with Gasteiger partial charge < -0.3 is 4.74 Å². The predicted molar refractivity (Wildman–Crippen MR) is 67.3 cm³/mol. The summed E-state index contributed by atoms with van der Waals surface area (Å²) in [5.41, 5.74) is 0. The minimum Gasteiger partial charge on any atom is -0.492 e. The maximum absolute atomic E-state index is 8.71. The number of likely N-dealkylation sites (N-methyl/N-ethyl adjacent to an activating group) is 1. The molecule has 3 nitrogen and oxygen atoms in total. The van der Waals surface area contributed by atoms with E-state index in [-0.39, 0.29) is 6.04 Å². The van der Waals surface area contributed by atoms with E-state index < -0.39 is 0 Å². The third-order valence-corrected chi connectivity index (χ3v) is 2.90. The quantitative estimate of drug-likeness (QED) is 0.833. The second kappa shape index (κ2) is 6.51. The molecule has 0 radical (unpaired) electrons. The number of ether oxygens (including phenoxy) is 1. The largest absolute Gasteiger partial charge is 0.492 e. The third kappa shape index (κ3) is 4.21. The van der Waals surface area contributed by atoms with Crippen LogP contribution in [-0.2, 0) is 0 Å². The van der Waals surface area contributed by atoms with Gasteiger partial charge >= 0.3 is 0 Å². The van der Waals surface area contributed by atoms with E-state index in [0.717, 1.165) is 16.8 Å². The molecular weight excluding hydrogens is 268 g/mol. The number of benzene rings is 1. The Kier molecular flexibility index (Phi) is 5.30. The standard InChI is InChI=1S/C12H15BrN2O/c1-10(9-14)15(2)7-8-16-12-5-3-11(13)4-6-12/h3-6,10H,7-8H2,1-2H3/t10-/m0/s1. The number of hydrogen-bond acceptors (Lipinski definition) is 3. The number of hydrogen-bond donors (Lipinski definition) is 0. The first-order valence-electron chi connectivity index (χ1n) is 5.11. The number of rotatable bonds is 5. The number of nitrogens with zero attached hydrogens (tertiary/aromatic N) is 2. The zero-order valence-corrected chi connectivity index (χ0v) is 11.1. The second-order valence-corrected chi connectivity index (χ2v) is 4.50. The Morgan fingerprint density at radius 1 is 1.44 bits per heavy atom. The van der Waals surface area contributed by atoms with Crippen LogP contribution in [0.3, 0.4) is 0 Å². The fourth-order valence-electron chi connectivity index (χ4n) is 1.13. The first-order valence-corrected chi connectivity index (χ1v) is 5.91. The van der Waals surface area contributed by atoms with Gasteiger partial charge in [0.25, 0.3) is 0 Å². The molecule has 0 aliphatic carbocycles. The Labute approximate surface area is 105 Å². The first kappa shape index (κ1) is 13.0. The molecule has 0 aliphatic heterocycles. The summed E-state index contributed by atoms with van der Waals surface area (Å²) in [7, 11) is 1.92. The fourth-order valence-corrected chi connectivity index (χ4v) is 1.39. The summed E-state index contributed by atoms with van der Waals surface area (Å²) in [6, 6.07) is 9.82. The van der Waals surface area contributed by atoms with Gasteiger partial charge in [0.1, 0.15) is 12.4 Å².